The van der Waals surface area contributed by atoms with Crippen molar-refractivity contribution >= 4 is 74.0 Å². The van der Waals surface area contributed by atoms with Crippen molar-refractivity contribution in [2.24, 2.45) is 25.9 Å². The van der Waals surface area contributed by atoms with Gasteiger partial charge < -0.3 is 29.7 Å². The van der Waals surface area contributed by atoms with Crippen molar-refractivity contribution in [2.75, 3.05) is 72.9 Å². The molecule has 0 radical (unpaired) electrons. The summed E-state index contributed by atoms with van der Waals surface area (Å²) in [5, 5.41) is 15.0. The van der Waals surface area contributed by atoms with Gasteiger partial charge in [-0.3, -0.25) is 29.3 Å². The van der Waals surface area contributed by atoms with Crippen molar-refractivity contribution in [3.63, 3.8) is 0 Å². The first-order chi connectivity index (χ1) is 29.8. The monoisotopic (exact) mass is 873 g/mol. The number of halogens is 4. The van der Waals surface area contributed by atoms with Crippen molar-refractivity contribution in [3.8, 4) is 5.75 Å². The lowest BCUT2D eigenvalue weighted by molar-refractivity contribution is -0.134. The molecule has 62 heavy (non-hydrogen) atoms. The quantitative estimate of drug-likeness (QED) is 0.173. The Kier molecular flexibility index (Phi) is 10.2. The number of pyridine rings is 1. The first-order valence-corrected chi connectivity index (χ1v) is 21.6. The molecule has 1 aliphatic carbocycles. The molecule has 15 nitrogen and oxygen atoms in total. The number of piperazine rings is 1. The third-order valence-corrected chi connectivity index (χ3v) is 13.5. The van der Waals surface area contributed by atoms with Gasteiger partial charge in [-0.2, -0.15) is 10.1 Å². The second kappa shape index (κ2) is 15.6. The van der Waals surface area contributed by atoms with Crippen molar-refractivity contribution in [1.82, 2.24) is 34.5 Å². The molecule has 0 bridgehead atoms. The van der Waals surface area contributed by atoms with E-state index in [0.29, 0.717) is 79.2 Å². The van der Waals surface area contributed by atoms with Crippen LogP contribution < -0.4 is 36.0 Å². The Bertz CT molecular complexity index is 2670. The molecule has 3 N–H and O–H groups in total. The number of benzene rings is 2. The maximum absolute atomic E-state index is 16.0. The van der Waals surface area contributed by atoms with E-state index in [2.05, 4.69) is 48.0 Å². The van der Waals surface area contributed by atoms with Crippen LogP contribution in [0.25, 0.3) is 21.8 Å². The number of ether oxygens (including phenoxy) is 1. The van der Waals surface area contributed by atoms with Gasteiger partial charge in [-0.1, -0.05) is 11.6 Å². The van der Waals surface area contributed by atoms with Gasteiger partial charge >= 0.3 is 5.92 Å². The van der Waals surface area contributed by atoms with Gasteiger partial charge in [-0.05, 0) is 68.0 Å². The van der Waals surface area contributed by atoms with Crippen LogP contribution in [-0.4, -0.2) is 112 Å². The van der Waals surface area contributed by atoms with E-state index in [9.17, 15) is 14.4 Å². The summed E-state index contributed by atoms with van der Waals surface area (Å²) in [6.07, 6.45) is 3.09. The first-order valence-electron chi connectivity index (χ1n) is 21.2. The van der Waals surface area contributed by atoms with Crippen molar-refractivity contribution < 1.29 is 27.5 Å². The summed E-state index contributed by atoms with van der Waals surface area (Å²) in [7, 11) is 3.44. The molecule has 4 fully saturated rings. The van der Waals surface area contributed by atoms with Gasteiger partial charge in [-0.15, -0.1) is 0 Å². The lowest BCUT2D eigenvalue weighted by Crippen LogP contribution is -2.51. The van der Waals surface area contributed by atoms with E-state index in [1.165, 1.54) is 10.8 Å². The minimum absolute atomic E-state index is 0.131. The standard InChI is InChI=1S/C43H47ClF3N11O4/c1-54-32-9-5-25(17-29(32)36-37(41(54)61)62-22-43(46,47)38(51-36)23-3-4-23)49-39-30(44)19-48-42(52-39)58-12-11-24(31(45)21-58)20-56-13-15-57(16-14-56)26-6-7-27-33(18-26)55(2)53-35(27)28-8-10-34(59)50-40(28)60/h5-7,9,17-19,23-24,28,31,38,51H,3-4,8,10-16,20-22H2,1-2H3,(H,48,49,52)(H,50,59,60)/t24-,28?,31-,38-/m0/s1. The van der Waals surface area contributed by atoms with Gasteiger partial charge in [0.1, 0.15) is 11.2 Å². The smallest absolute Gasteiger partial charge is 0.301 e. The lowest BCUT2D eigenvalue weighted by atomic mass is 9.93. The minimum Gasteiger partial charge on any atom is -0.480 e. The van der Waals surface area contributed by atoms with E-state index in [0.717, 1.165) is 42.8 Å². The fourth-order valence-corrected chi connectivity index (χ4v) is 9.70. The number of nitrogens with one attached hydrogen (secondary N) is 3. The molecule has 1 saturated carbocycles. The van der Waals surface area contributed by atoms with E-state index in [-0.39, 0.29) is 46.7 Å². The van der Waals surface area contributed by atoms with Crippen molar-refractivity contribution in [2.45, 2.75) is 56.2 Å². The molecule has 1 unspecified atom stereocenters. The Balaban J connectivity index is 0.777. The zero-order valence-electron chi connectivity index (χ0n) is 34.3. The number of aromatic nitrogens is 5. The summed E-state index contributed by atoms with van der Waals surface area (Å²) in [4.78, 5) is 53.1. The number of piperidine rings is 2. The Morgan fingerprint density at radius 3 is 2.52 bits per heavy atom. The van der Waals surface area contributed by atoms with E-state index < -0.39 is 36.2 Å². The molecular formula is C43H47ClF3N11O4. The van der Waals surface area contributed by atoms with Crippen LogP contribution in [0.5, 0.6) is 5.75 Å². The average molecular weight is 874 g/mol. The zero-order chi connectivity index (χ0) is 43.0. The lowest BCUT2D eigenvalue weighted by Gasteiger charge is -2.40. The molecule has 5 aromatic rings. The molecule has 3 aromatic heterocycles. The highest BCUT2D eigenvalue weighted by atomic mass is 35.5. The summed E-state index contributed by atoms with van der Waals surface area (Å²) in [5.74, 6) is -4.04. The maximum atomic E-state index is 16.0. The fourth-order valence-electron chi connectivity index (χ4n) is 9.56. The summed E-state index contributed by atoms with van der Waals surface area (Å²) in [6, 6.07) is 10.2. The van der Waals surface area contributed by atoms with E-state index in [4.69, 9.17) is 21.3 Å². The number of nitrogens with zero attached hydrogens (tertiary/aromatic N) is 8. The Labute approximate surface area is 359 Å². The fraction of sp³-hybridized carbons (Fsp3) is 0.488. The van der Waals surface area contributed by atoms with Gasteiger partial charge in [-0.25, -0.2) is 18.2 Å². The summed E-state index contributed by atoms with van der Waals surface area (Å²) in [6.45, 7) is 3.60. The van der Waals surface area contributed by atoms with Crippen LogP contribution in [0.4, 0.5) is 42.0 Å². The number of fused-ring (bicyclic) bond motifs is 4. The molecule has 0 spiro atoms. The van der Waals surface area contributed by atoms with Crippen LogP contribution >= 0.6 is 11.6 Å². The van der Waals surface area contributed by atoms with Gasteiger partial charge in [0.25, 0.3) is 5.56 Å². The van der Waals surface area contributed by atoms with E-state index in [1.54, 1.807) is 29.9 Å². The number of hydrogen-bond donors (Lipinski definition) is 3. The molecule has 19 heteroatoms. The summed E-state index contributed by atoms with van der Waals surface area (Å²) >= 11 is 6.58. The molecule has 3 saturated heterocycles. The predicted octanol–water partition coefficient (Wildman–Crippen LogP) is 5.34. The second-order valence-electron chi connectivity index (χ2n) is 17.3. The predicted molar refractivity (Wildman–Crippen MR) is 230 cm³/mol. The number of imide groups is 1. The van der Waals surface area contributed by atoms with Crippen molar-refractivity contribution in [1.29, 1.82) is 0 Å². The molecular weight excluding hydrogens is 827 g/mol. The van der Waals surface area contributed by atoms with Crippen LogP contribution in [0.2, 0.25) is 5.02 Å². The number of alkyl halides is 3. The molecule has 326 valence electrons. The molecule has 2 amide bonds. The number of carbonyl (C=O) groups excluding carboxylic acids is 2. The molecule has 10 rings (SSSR count). The van der Waals surface area contributed by atoms with E-state index in [1.807, 2.05) is 18.0 Å². The largest absolute Gasteiger partial charge is 0.480 e. The van der Waals surface area contributed by atoms with Crippen LogP contribution in [0.1, 0.15) is 43.7 Å². The maximum Gasteiger partial charge on any atom is 0.301 e. The number of amides is 2. The second-order valence-corrected chi connectivity index (χ2v) is 17.7. The average Bonchev–Trinajstić information content (AvgIpc) is 4.06. The number of rotatable bonds is 8. The molecule has 5 aliphatic rings. The minimum atomic E-state index is -3.16. The van der Waals surface area contributed by atoms with Crippen molar-refractivity contribution in [3.05, 3.63) is 63.7 Å². The van der Waals surface area contributed by atoms with Crippen LogP contribution in [0.15, 0.2) is 47.4 Å². The van der Waals surface area contributed by atoms with Crippen LogP contribution in [0.3, 0.4) is 0 Å². The summed E-state index contributed by atoms with van der Waals surface area (Å²) in [5.41, 5.74) is 3.49. The molecule has 4 atom stereocenters. The molecule has 7 heterocycles. The Morgan fingerprint density at radius 1 is 0.952 bits per heavy atom. The molecule has 2 aromatic carbocycles. The number of aryl methyl sites for hydroxylation is 2. The topological polar surface area (TPSA) is 155 Å². The zero-order valence-corrected chi connectivity index (χ0v) is 35.1. The summed E-state index contributed by atoms with van der Waals surface area (Å²) < 4.78 is 55.0. The highest BCUT2D eigenvalue weighted by Gasteiger charge is 2.51. The normalized spacial score (nSPS) is 24.4. The highest BCUT2D eigenvalue weighted by Crippen LogP contribution is 2.46. The third-order valence-electron chi connectivity index (χ3n) is 13.2. The van der Waals surface area contributed by atoms with Gasteiger partial charge in [0, 0.05) is 87.8 Å². The Morgan fingerprint density at radius 2 is 1.76 bits per heavy atom. The third kappa shape index (κ3) is 7.43. The van der Waals surface area contributed by atoms with E-state index >= 15 is 13.2 Å². The SMILES string of the molecule is Cn1nc(C2CCC(=O)NC2=O)c2ccc(N3CCN(C[C@@H]4CCN(c5ncc(Cl)c(Nc6ccc7c(c6)c6c(c(=O)n7C)OCC(F)(F)[C@H](C7CC7)N6)n5)C[C@@H]4F)CC3)cc21. The van der Waals surface area contributed by atoms with Crippen LogP contribution in [-0.2, 0) is 23.7 Å². The highest BCUT2D eigenvalue weighted by molar-refractivity contribution is 6.33. The van der Waals surface area contributed by atoms with Gasteiger partial charge in [0.2, 0.25) is 23.5 Å². The van der Waals surface area contributed by atoms with Crippen LogP contribution in [0, 0.1) is 11.8 Å². The van der Waals surface area contributed by atoms with Gasteiger partial charge in [0.05, 0.1) is 47.1 Å². The molecule has 4 aliphatic heterocycles. The number of carbonyl (C=O) groups is 2. The Hall–Kier alpha value is -5.62. The first kappa shape index (κ1) is 40.5. The van der Waals surface area contributed by atoms with Gasteiger partial charge in [0.15, 0.2) is 12.4 Å². The number of hydrogen-bond acceptors (Lipinski definition) is 12. The number of anilines is 5.